The van der Waals surface area contributed by atoms with Crippen molar-refractivity contribution >= 4 is 11.5 Å². The maximum atomic E-state index is 8.22. The van der Waals surface area contributed by atoms with Crippen molar-refractivity contribution in [3.63, 3.8) is 0 Å². The van der Waals surface area contributed by atoms with Gasteiger partial charge in [0.15, 0.2) is 11.5 Å². The van der Waals surface area contributed by atoms with E-state index in [2.05, 4.69) is 25.3 Å². The highest BCUT2D eigenvalue weighted by atomic mass is 15.4. The lowest BCUT2D eigenvalue weighted by Gasteiger charge is -1.95. The van der Waals surface area contributed by atoms with Gasteiger partial charge in [-0.1, -0.05) is 0 Å². The van der Waals surface area contributed by atoms with Gasteiger partial charge < -0.3 is 5.73 Å². The number of nitrogens with two attached hydrogens (primary N) is 1. The monoisotopic (exact) mass is 190 g/mol. The number of fused-ring (bicyclic) bond motifs is 1. The van der Waals surface area contributed by atoms with E-state index in [-0.39, 0.29) is 12.4 Å². The smallest absolute Gasteiger partial charge is 0.177 e. The van der Waals surface area contributed by atoms with Gasteiger partial charge in [-0.25, -0.2) is 0 Å². The molecule has 0 radical (unpaired) electrons. The van der Waals surface area contributed by atoms with Gasteiger partial charge in [0.2, 0.25) is 0 Å². The predicted molar refractivity (Wildman–Crippen MR) is 47.5 cm³/mol. The summed E-state index contributed by atoms with van der Waals surface area (Å²) in [6, 6.07) is 3.22. The van der Waals surface area contributed by atoms with Gasteiger partial charge >= 0.3 is 0 Å². The van der Waals surface area contributed by atoms with Gasteiger partial charge in [-0.05, 0) is 22.8 Å². The van der Waals surface area contributed by atoms with Crippen molar-refractivity contribution in [1.29, 1.82) is 0 Å². The fraction of sp³-hybridized carbons (Fsp3) is 0.167. The lowest BCUT2D eigenvalue weighted by molar-refractivity contribution is 0.808. The van der Waals surface area contributed by atoms with Crippen molar-refractivity contribution in [2.75, 3.05) is 0 Å². The fourth-order valence-electron chi connectivity index (χ4n) is 1.05. The third-order valence-corrected chi connectivity index (χ3v) is 1.64. The van der Waals surface area contributed by atoms with Crippen molar-refractivity contribution in [3.8, 4) is 0 Å². The SMILES string of the molecule is [N-]=[N+]=Nc1ccc2nnc(CN)n2n1. The van der Waals surface area contributed by atoms with Gasteiger partial charge in [0.05, 0.1) is 6.54 Å². The zero-order chi connectivity index (χ0) is 9.97. The number of rotatable bonds is 2. The number of azide groups is 1. The topological polar surface area (TPSA) is 118 Å². The summed E-state index contributed by atoms with van der Waals surface area (Å²) in [7, 11) is 0. The molecule has 2 N–H and O–H groups in total. The van der Waals surface area contributed by atoms with Crippen LogP contribution in [0.2, 0.25) is 0 Å². The van der Waals surface area contributed by atoms with Crippen LogP contribution in [0.4, 0.5) is 5.82 Å². The standard InChI is InChI=1S/C6H6N8/c7-3-6-11-10-5-2-1-4(9-13-8)12-14(5)6/h1-2H,3,7H2. The Morgan fingerprint density at radius 3 is 3.07 bits per heavy atom. The Labute approximate surface area is 78.0 Å². The summed E-state index contributed by atoms with van der Waals surface area (Å²) >= 11 is 0. The van der Waals surface area contributed by atoms with Crippen LogP contribution in [0.25, 0.3) is 16.1 Å². The Balaban J connectivity index is 2.66. The summed E-state index contributed by atoms with van der Waals surface area (Å²) in [5.74, 6) is 0.782. The summed E-state index contributed by atoms with van der Waals surface area (Å²) in [5, 5.41) is 15.0. The van der Waals surface area contributed by atoms with Gasteiger partial charge in [-0.15, -0.1) is 10.2 Å². The molecule has 0 bridgehead atoms. The minimum atomic E-state index is 0.230. The summed E-state index contributed by atoms with van der Waals surface area (Å²) in [6.45, 7) is 0.230. The predicted octanol–water partition coefficient (Wildman–Crippen LogP) is 0.525. The van der Waals surface area contributed by atoms with Crippen LogP contribution in [0, 0.1) is 0 Å². The molecule has 2 aromatic heterocycles. The highest BCUT2D eigenvalue weighted by Gasteiger charge is 2.04. The Morgan fingerprint density at radius 1 is 1.50 bits per heavy atom. The molecular weight excluding hydrogens is 184 g/mol. The number of aromatic nitrogens is 4. The van der Waals surface area contributed by atoms with E-state index in [9.17, 15) is 0 Å². The van der Waals surface area contributed by atoms with Gasteiger partial charge in [0.25, 0.3) is 0 Å². The van der Waals surface area contributed by atoms with Gasteiger partial charge in [0, 0.05) is 4.91 Å². The molecule has 70 valence electrons. The van der Waals surface area contributed by atoms with Crippen LogP contribution in [-0.4, -0.2) is 19.8 Å². The first-order valence-corrected chi connectivity index (χ1v) is 3.81. The van der Waals surface area contributed by atoms with E-state index in [1.807, 2.05) is 0 Å². The molecule has 2 rings (SSSR count). The quantitative estimate of drug-likeness (QED) is 0.422. The molecule has 0 unspecified atom stereocenters. The molecule has 0 saturated heterocycles. The first-order valence-electron chi connectivity index (χ1n) is 3.81. The number of nitrogens with zero attached hydrogens (tertiary/aromatic N) is 7. The summed E-state index contributed by atoms with van der Waals surface area (Å²) < 4.78 is 1.45. The lowest BCUT2D eigenvalue weighted by atomic mass is 10.5. The van der Waals surface area contributed by atoms with E-state index in [1.54, 1.807) is 12.1 Å². The molecule has 0 amide bonds. The molecule has 2 aromatic rings. The molecule has 14 heavy (non-hydrogen) atoms. The van der Waals surface area contributed by atoms with Crippen molar-refractivity contribution in [2.45, 2.75) is 6.54 Å². The van der Waals surface area contributed by atoms with E-state index >= 15 is 0 Å². The van der Waals surface area contributed by atoms with Crippen LogP contribution in [-0.2, 0) is 6.54 Å². The molecular formula is C6H6N8. The largest absolute Gasteiger partial charge is 0.324 e. The normalized spacial score (nSPS) is 10.1. The van der Waals surface area contributed by atoms with Crippen molar-refractivity contribution < 1.29 is 0 Å². The molecule has 0 saturated carbocycles. The Morgan fingerprint density at radius 2 is 2.36 bits per heavy atom. The third kappa shape index (κ3) is 1.24. The number of hydrogen-bond acceptors (Lipinski definition) is 5. The lowest BCUT2D eigenvalue weighted by Crippen LogP contribution is -2.04. The molecule has 0 aromatic carbocycles. The zero-order valence-corrected chi connectivity index (χ0v) is 7.07. The van der Waals surface area contributed by atoms with Crippen LogP contribution in [0.5, 0.6) is 0 Å². The van der Waals surface area contributed by atoms with Gasteiger partial charge in [-0.3, -0.25) is 0 Å². The van der Waals surface area contributed by atoms with Crippen LogP contribution < -0.4 is 5.73 Å². The van der Waals surface area contributed by atoms with Gasteiger partial charge in [0.1, 0.15) is 5.82 Å². The average molecular weight is 190 g/mol. The van der Waals surface area contributed by atoms with Crippen molar-refractivity contribution in [3.05, 3.63) is 28.4 Å². The van der Waals surface area contributed by atoms with E-state index in [1.165, 1.54) is 4.52 Å². The molecule has 8 heteroatoms. The Kier molecular flexibility index (Phi) is 1.98. The van der Waals surface area contributed by atoms with Crippen molar-refractivity contribution in [2.24, 2.45) is 10.8 Å². The second-order valence-electron chi connectivity index (χ2n) is 2.47. The van der Waals surface area contributed by atoms with E-state index in [0.29, 0.717) is 11.5 Å². The third-order valence-electron chi connectivity index (χ3n) is 1.64. The molecule has 0 fully saturated rings. The summed E-state index contributed by atoms with van der Waals surface area (Å²) in [6.07, 6.45) is 0. The Bertz CT molecular complexity index is 508. The van der Waals surface area contributed by atoms with E-state index < -0.39 is 0 Å². The molecule has 0 aliphatic rings. The van der Waals surface area contributed by atoms with Gasteiger partial charge in [-0.2, -0.15) is 9.61 Å². The van der Waals surface area contributed by atoms with Crippen molar-refractivity contribution in [1.82, 2.24) is 19.8 Å². The molecule has 0 aliphatic heterocycles. The fourth-order valence-corrected chi connectivity index (χ4v) is 1.05. The number of hydrogen-bond donors (Lipinski definition) is 1. The zero-order valence-electron chi connectivity index (χ0n) is 7.07. The first kappa shape index (κ1) is 8.42. The second-order valence-corrected chi connectivity index (χ2v) is 2.47. The highest BCUT2D eigenvalue weighted by molar-refractivity contribution is 5.41. The average Bonchev–Trinajstić information content (AvgIpc) is 2.60. The highest BCUT2D eigenvalue weighted by Crippen LogP contribution is 2.09. The first-order chi connectivity index (χ1) is 6.85. The summed E-state index contributed by atoms with van der Waals surface area (Å²) in [5.41, 5.74) is 14.2. The maximum absolute atomic E-state index is 8.22. The molecule has 8 nitrogen and oxygen atoms in total. The van der Waals surface area contributed by atoms with E-state index in [0.717, 1.165) is 0 Å². The minimum Gasteiger partial charge on any atom is -0.324 e. The molecule has 0 aliphatic carbocycles. The molecule has 2 heterocycles. The van der Waals surface area contributed by atoms with Crippen LogP contribution in [0.1, 0.15) is 5.82 Å². The van der Waals surface area contributed by atoms with E-state index in [4.69, 9.17) is 11.3 Å². The van der Waals surface area contributed by atoms with Crippen LogP contribution in [0.3, 0.4) is 0 Å². The maximum Gasteiger partial charge on any atom is 0.177 e. The van der Waals surface area contributed by atoms with Crippen LogP contribution in [0.15, 0.2) is 17.2 Å². The molecule has 0 spiro atoms. The minimum absolute atomic E-state index is 0.230. The molecule has 0 atom stereocenters. The summed E-state index contributed by atoms with van der Waals surface area (Å²) in [4.78, 5) is 2.63. The second kappa shape index (κ2) is 3.29. The van der Waals surface area contributed by atoms with Crippen LogP contribution >= 0.6 is 0 Å². The Hall–Kier alpha value is -2.18.